The minimum absolute atomic E-state index is 0.280. The summed E-state index contributed by atoms with van der Waals surface area (Å²) in [5.74, 6) is 0.462. The van der Waals surface area contributed by atoms with Gasteiger partial charge in [0.05, 0.1) is 5.56 Å². The summed E-state index contributed by atoms with van der Waals surface area (Å²) in [4.78, 5) is 11.6. The van der Waals surface area contributed by atoms with Crippen molar-refractivity contribution in [1.82, 2.24) is 0 Å². The molecule has 1 rings (SSSR count). The molecule has 15 heavy (non-hydrogen) atoms. The van der Waals surface area contributed by atoms with Gasteiger partial charge >= 0.3 is 5.97 Å². The summed E-state index contributed by atoms with van der Waals surface area (Å²) >= 11 is 0. The Bertz CT molecular complexity index is 339. The number of carbonyl (C=O) groups is 1. The van der Waals surface area contributed by atoms with Crippen molar-refractivity contribution >= 4 is 5.97 Å². The molecule has 0 heterocycles. The van der Waals surface area contributed by atoms with Crippen molar-refractivity contribution in [1.29, 1.82) is 0 Å². The van der Waals surface area contributed by atoms with Crippen molar-refractivity contribution in [3.8, 4) is 0 Å². The summed E-state index contributed by atoms with van der Waals surface area (Å²) in [6, 6.07) is 9.03. The van der Waals surface area contributed by atoms with E-state index in [9.17, 15) is 4.79 Å². The summed E-state index contributed by atoms with van der Waals surface area (Å²) < 4.78 is 5.25. The van der Waals surface area contributed by atoms with Gasteiger partial charge in [0, 0.05) is 6.42 Å². The highest BCUT2D eigenvalue weighted by Crippen LogP contribution is 2.10. The number of carbonyl (C=O) groups excluding carboxylic acids is 1. The van der Waals surface area contributed by atoms with Crippen LogP contribution in [0.25, 0.3) is 0 Å². The first-order valence-corrected chi connectivity index (χ1v) is 5.20. The third-order valence-electron chi connectivity index (χ3n) is 2.05. The molecule has 0 spiro atoms. The number of esters is 1. The Balaban J connectivity index is 2.63. The van der Waals surface area contributed by atoms with Crippen LogP contribution in [0.4, 0.5) is 0 Å². The topological polar surface area (TPSA) is 26.3 Å². The van der Waals surface area contributed by atoms with Crippen LogP contribution < -0.4 is 0 Å². The molecule has 0 aromatic heterocycles. The van der Waals surface area contributed by atoms with E-state index >= 15 is 0 Å². The number of hydrogen-bond donors (Lipinski definition) is 0. The van der Waals surface area contributed by atoms with Crippen LogP contribution in [0.2, 0.25) is 0 Å². The van der Waals surface area contributed by atoms with Gasteiger partial charge in [-0.1, -0.05) is 25.1 Å². The SMILES string of the molecule is C/C=C(\CCC)OC(=O)c1ccccc1. The third-order valence-corrected chi connectivity index (χ3v) is 2.05. The van der Waals surface area contributed by atoms with Crippen LogP contribution in [0.1, 0.15) is 37.0 Å². The molecule has 80 valence electrons. The van der Waals surface area contributed by atoms with Crippen molar-refractivity contribution in [3.63, 3.8) is 0 Å². The third kappa shape index (κ3) is 3.58. The van der Waals surface area contributed by atoms with Gasteiger partial charge in [0.25, 0.3) is 0 Å². The maximum atomic E-state index is 11.6. The summed E-state index contributed by atoms with van der Waals surface area (Å²) in [5.41, 5.74) is 0.591. The van der Waals surface area contributed by atoms with Crippen LogP contribution in [-0.2, 0) is 4.74 Å². The van der Waals surface area contributed by atoms with Crippen LogP contribution in [0.5, 0.6) is 0 Å². The Morgan fingerprint density at radius 3 is 2.53 bits per heavy atom. The summed E-state index contributed by atoms with van der Waals surface area (Å²) in [5, 5.41) is 0. The van der Waals surface area contributed by atoms with Crippen molar-refractivity contribution in [2.45, 2.75) is 26.7 Å². The van der Waals surface area contributed by atoms with E-state index in [0.29, 0.717) is 5.56 Å². The Hall–Kier alpha value is -1.57. The van der Waals surface area contributed by atoms with Gasteiger partial charge in [0.2, 0.25) is 0 Å². The van der Waals surface area contributed by atoms with Crippen molar-refractivity contribution in [2.24, 2.45) is 0 Å². The molecule has 0 fully saturated rings. The van der Waals surface area contributed by atoms with Crippen LogP contribution in [0.15, 0.2) is 42.2 Å². The summed E-state index contributed by atoms with van der Waals surface area (Å²) in [7, 11) is 0. The lowest BCUT2D eigenvalue weighted by molar-refractivity contribution is 0.0613. The number of hydrogen-bond acceptors (Lipinski definition) is 2. The fourth-order valence-corrected chi connectivity index (χ4v) is 1.25. The van der Waals surface area contributed by atoms with Crippen LogP contribution in [0, 0.1) is 0 Å². The fourth-order valence-electron chi connectivity index (χ4n) is 1.25. The number of benzene rings is 1. The second kappa shape index (κ2) is 6.02. The quantitative estimate of drug-likeness (QED) is 0.553. The molecular weight excluding hydrogens is 188 g/mol. The van der Waals surface area contributed by atoms with E-state index in [1.54, 1.807) is 12.1 Å². The Kier molecular flexibility index (Phi) is 4.61. The number of ether oxygens (including phenoxy) is 1. The first kappa shape index (κ1) is 11.5. The van der Waals surface area contributed by atoms with Crippen LogP contribution in [-0.4, -0.2) is 5.97 Å². The summed E-state index contributed by atoms with van der Waals surface area (Å²) in [6.45, 7) is 3.93. The highest BCUT2D eigenvalue weighted by atomic mass is 16.5. The number of allylic oxidation sites excluding steroid dienone is 2. The zero-order valence-electron chi connectivity index (χ0n) is 9.19. The maximum absolute atomic E-state index is 11.6. The largest absolute Gasteiger partial charge is 0.428 e. The predicted octanol–water partition coefficient (Wildman–Crippen LogP) is 3.55. The lowest BCUT2D eigenvalue weighted by atomic mass is 10.2. The van der Waals surface area contributed by atoms with Gasteiger partial charge in [-0.2, -0.15) is 0 Å². The van der Waals surface area contributed by atoms with E-state index in [0.717, 1.165) is 18.6 Å². The van der Waals surface area contributed by atoms with E-state index in [2.05, 4.69) is 6.92 Å². The average molecular weight is 204 g/mol. The molecule has 0 radical (unpaired) electrons. The van der Waals surface area contributed by atoms with Gasteiger partial charge in [-0.15, -0.1) is 0 Å². The minimum Gasteiger partial charge on any atom is -0.428 e. The highest BCUT2D eigenvalue weighted by molar-refractivity contribution is 5.89. The fraction of sp³-hybridized carbons (Fsp3) is 0.308. The van der Waals surface area contributed by atoms with Crippen molar-refractivity contribution in [2.75, 3.05) is 0 Å². The molecule has 2 heteroatoms. The van der Waals surface area contributed by atoms with Crippen molar-refractivity contribution < 1.29 is 9.53 Å². The molecule has 0 unspecified atom stereocenters. The van der Waals surface area contributed by atoms with Crippen molar-refractivity contribution in [3.05, 3.63) is 47.7 Å². The van der Waals surface area contributed by atoms with E-state index < -0.39 is 0 Å². The zero-order chi connectivity index (χ0) is 11.1. The molecule has 0 atom stereocenters. The van der Waals surface area contributed by atoms with Gasteiger partial charge in [-0.25, -0.2) is 4.79 Å². The molecular formula is C13H16O2. The van der Waals surface area contributed by atoms with Crippen LogP contribution in [0.3, 0.4) is 0 Å². The minimum atomic E-state index is -0.280. The van der Waals surface area contributed by atoms with Crippen LogP contribution >= 0.6 is 0 Å². The van der Waals surface area contributed by atoms with E-state index in [4.69, 9.17) is 4.74 Å². The molecule has 0 N–H and O–H groups in total. The Morgan fingerprint density at radius 2 is 2.00 bits per heavy atom. The Labute approximate surface area is 90.6 Å². The lowest BCUT2D eigenvalue weighted by Crippen LogP contribution is -2.04. The van der Waals surface area contributed by atoms with Gasteiger partial charge in [-0.3, -0.25) is 0 Å². The molecule has 0 aliphatic heterocycles. The highest BCUT2D eigenvalue weighted by Gasteiger charge is 2.08. The van der Waals surface area contributed by atoms with E-state index in [1.165, 1.54) is 0 Å². The average Bonchev–Trinajstić information content (AvgIpc) is 2.29. The second-order valence-electron chi connectivity index (χ2n) is 3.26. The molecule has 1 aromatic carbocycles. The normalized spacial score (nSPS) is 11.2. The summed E-state index contributed by atoms with van der Waals surface area (Å²) in [6.07, 6.45) is 3.61. The molecule has 0 bridgehead atoms. The van der Waals surface area contributed by atoms with E-state index in [1.807, 2.05) is 31.2 Å². The van der Waals surface area contributed by atoms with Gasteiger partial charge < -0.3 is 4.74 Å². The number of rotatable bonds is 4. The standard InChI is InChI=1S/C13H16O2/c1-3-8-12(4-2)15-13(14)11-9-6-5-7-10-11/h4-7,9-10H,3,8H2,1-2H3/b12-4+. The molecule has 0 saturated heterocycles. The first-order chi connectivity index (χ1) is 7.27. The molecule has 2 nitrogen and oxygen atoms in total. The predicted molar refractivity (Wildman–Crippen MR) is 60.5 cm³/mol. The smallest absolute Gasteiger partial charge is 0.343 e. The first-order valence-electron chi connectivity index (χ1n) is 5.20. The van der Waals surface area contributed by atoms with Gasteiger partial charge in [-0.05, 0) is 31.6 Å². The zero-order valence-corrected chi connectivity index (χ0v) is 9.19. The molecule has 0 amide bonds. The van der Waals surface area contributed by atoms with E-state index in [-0.39, 0.29) is 5.97 Å². The Morgan fingerprint density at radius 1 is 1.33 bits per heavy atom. The van der Waals surface area contributed by atoms with Gasteiger partial charge in [0.1, 0.15) is 5.76 Å². The molecule has 0 saturated carbocycles. The second-order valence-corrected chi connectivity index (χ2v) is 3.26. The monoisotopic (exact) mass is 204 g/mol. The lowest BCUT2D eigenvalue weighted by Gasteiger charge is -2.06. The molecule has 0 aliphatic rings. The van der Waals surface area contributed by atoms with Gasteiger partial charge in [0.15, 0.2) is 0 Å². The molecule has 1 aromatic rings. The molecule has 0 aliphatic carbocycles. The maximum Gasteiger partial charge on any atom is 0.343 e.